The smallest absolute Gasteiger partial charge is 0.433 e. The highest BCUT2D eigenvalue weighted by Gasteiger charge is 2.44. The number of hydrogen-bond donors (Lipinski definition) is 1. The number of halogens is 6. The van der Waals surface area contributed by atoms with Gasteiger partial charge in [-0.3, -0.25) is 0 Å². The summed E-state index contributed by atoms with van der Waals surface area (Å²) in [5, 5.41) is 10.9. The number of ether oxygens (including phenoxy) is 1. The van der Waals surface area contributed by atoms with E-state index in [-0.39, 0.29) is 23.8 Å². The lowest BCUT2D eigenvalue weighted by Gasteiger charge is -2.37. The molecule has 3 aromatic rings. The van der Waals surface area contributed by atoms with Crippen molar-refractivity contribution in [3.05, 3.63) is 23.7 Å². The van der Waals surface area contributed by atoms with Crippen LogP contribution in [0.1, 0.15) is 31.3 Å². The van der Waals surface area contributed by atoms with Gasteiger partial charge < -0.3 is 19.5 Å². The molecule has 1 aliphatic heterocycles. The van der Waals surface area contributed by atoms with Crippen molar-refractivity contribution in [1.29, 1.82) is 0 Å². The van der Waals surface area contributed by atoms with Gasteiger partial charge in [-0.2, -0.15) is 36.3 Å². The minimum atomic E-state index is -4.80. The van der Waals surface area contributed by atoms with Gasteiger partial charge in [-0.05, 0) is 50.7 Å². The van der Waals surface area contributed by atoms with Gasteiger partial charge in [-0.25, -0.2) is 4.52 Å². The summed E-state index contributed by atoms with van der Waals surface area (Å²) in [5.41, 5.74) is -1.63. The first kappa shape index (κ1) is 23.5. The fourth-order valence-electron chi connectivity index (χ4n) is 4.74. The molecular formula is C20H21F6N7O2. The molecule has 2 fully saturated rings. The van der Waals surface area contributed by atoms with Crippen LogP contribution in [0.5, 0.6) is 5.75 Å². The van der Waals surface area contributed by atoms with Crippen LogP contribution in [0.2, 0.25) is 0 Å². The van der Waals surface area contributed by atoms with Gasteiger partial charge in [0.05, 0.1) is 0 Å². The molecule has 35 heavy (non-hydrogen) atoms. The largest absolute Gasteiger partial charge is 0.477 e. The summed E-state index contributed by atoms with van der Waals surface area (Å²) in [6.07, 6.45) is -10.0. The molecule has 0 amide bonds. The van der Waals surface area contributed by atoms with Gasteiger partial charge >= 0.3 is 18.4 Å². The zero-order valence-corrected chi connectivity index (χ0v) is 18.6. The van der Waals surface area contributed by atoms with E-state index in [1.165, 1.54) is 0 Å². The Bertz CT molecular complexity index is 1210. The van der Waals surface area contributed by atoms with Crippen molar-refractivity contribution in [2.45, 2.75) is 51.2 Å². The Hall–Kier alpha value is -3.26. The minimum absolute atomic E-state index is 0.107. The Morgan fingerprint density at radius 3 is 2.34 bits per heavy atom. The summed E-state index contributed by atoms with van der Waals surface area (Å²) in [6.45, 7) is 3.66. The third kappa shape index (κ3) is 4.43. The quantitative estimate of drug-likeness (QED) is 0.519. The van der Waals surface area contributed by atoms with E-state index < -0.39 is 35.5 Å². The maximum Gasteiger partial charge on any atom is 0.433 e. The van der Waals surface area contributed by atoms with Crippen LogP contribution in [-0.2, 0) is 6.18 Å². The van der Waals surface area contributed by atoms with Crippen LogP contribution in [0.4, 0.5) is 38.3 Å². The standard InChI is InChI=1S/C20H21F6N7O2/c1-9(19(21,22)23)34-13-5-6-14(20(24,25)26)33-16(13)29-17(30-33)28-15-11-3-4-12(15)8-32(7-11)18-27-10(2)31-35-18/h5-6,9,11-12,15H,3-4,7-8H2,1-2H3,(H,28,30)/t9-,11-,12+,15?/m1/s1. The topological polar surface area (TPSA) is 93.6 Å². The van der Waals surface area contributed by atoms with Gasteiger partial charge in [-0.1, -0.05) is 5.16 Å². The lowest BCUT2D eigenvalue weighted by molar-refractivity contribution is -0.189. The Labute approximate surface area is 194 Å². The summed E-state index contributed by atoms with van der Waals surface area (Å²) >= 11 is 0. The molecule has 0 spiro atoms. The first-order chi connectivity index (χ1) is 16.4. The molecule has 1 saturated carbocycles. The molecule has 5 rings (SSSR count). The van der Waals surface area contributed by atoms with E-state index in [9.17, 15) is 26.3 Å². The average Bonchev–Trinajstić information content (AvgIpc) is 3.43. The van der Waals surface area contributed by atoms with Crippen molar-refractivity contribution >= 4 is 17.6 Å². The molecule has 1 N–H and O–H groups in total. The second kappa shape index (κ2) is 8.16. The molecule has 1 saturated heterocycles. The summed E-state index contributed by atoms with van der Waals surface area (Å²) in [5.74, 6) is 0.161. The Kier molecular flexibility index (Phi) is 5.47. The fourth-order valence-corrected chi connectivity index (χ4v) is 4.74. The van der Waals surface area contributed by atoms with E-state index in [0.717, 1.165) is 25.8 Å². The van der Waals surface area contributed by atoms with Crippen LogP contribution in [0.15, 0.2) is 16.7 Å². The zero-order valence-electron chi connectivity index (χ0n) is 18.6. The number of nitrogens with zero attached hydrogens (tertiary/aromatic N) is 6. The molecule has 2 aliphatic rings. The summed E-state index contributed by atoms with van der Waals surface area (Å²) < 4.78 is 90.3. The molecule has 4 atom stereocenters. The molecule has 3 aromatic heterocycles. The predicted octanol–water partition coefficient (Wildman–Crippen LogP) is 4.10. The number of aryl methyl sites for hydroxylation is 1. The summed E-state index contributed by atoms with van der Waals surface area (Å²) in [6, 6.07) is 1.73. The van der Waals surface area contributed by atoms with Gasteiger partial charge in [0.2, 0.25) is 5.95 Å². The minimum Gasteiger partial charge on any atom is -0.477 e. The van der Waals surface area contributed by atoms with Crippen molar-refractivity contribution in [1.82, 2.24) is 24.7 Å². The van der Waals surface area contributed by atoms with Gasteiger partial charge in [0.15, 0.2) is 23.3 Å². The normalized spacial score (nSPS) is 23.7. The molecule has 1 aliphatic carbocycles. The van der Waals surface area contributed by atoms with Crippen molar-refractivity contribution < 1.29 is 35.6 Å². The van der Waals surface area contributed by atoms with Gasteiger partial charge in [0.1, 0.15) is 5.69 Å². The number of aromatic nitrogens is 5. The zero-order chi connectivity index (χ0) is 25.1. The second-order valence-corrected chi connectivity index (χ2v) is 8.85. The van der Waals surface area contributed by atoms with E-state index in [1.54, 1.807) is 6.92 Å². The van der Waals surface area contributed by atoms with Gasteiger partial charge in [0.25, 0.3) is 0 Å². The number of nitrogens with one attached hydrogen (secondary N) is 1. The van der Waals surface area contributed by atoms with Crippen molar-refractivity contribution in [3.8, 4) is 5.75 Å². The van der Waals surface area contributed by atoms with Crippen LogP contribution in [0.3, 0.4) is 0 Å². The molecule has 1 unspecified atom stereocenters. The molecule has 190 valence electrons. The maximum absolute atomic E-state index is 13.6. The number of hydrogen-bond acceptors (Lipinski definition) is 8. The van der Waals surface area contributed by atoms with E-state index in [0.29, 0.717) is 35.5 Å². The summed E-state index contributed by atoms with van der Waals surface area (Å²) in [7, 11) is 0. The SMILES string of the molecule is Cc1noc(N2C[C@H]3CC[C@@H](C2)C3Nc2nc3c(O[C@H](C)C(F)(F)F)ccc(C(F)(F)F)n3n2)n1. The number of piperidine rings is 1. The average molecular weight is 505 g/mol. The van der Waals surface area contributed by atoms with Crippen LogP contribution in [-0.4, -0.2) is 56.2 Å². The number of fused-ring (bicyclic) bond motifs is 3. The Morgan fingerprint density at radius 1 is 1.09 bits per heavy atom. The lowest BCUT2D eigenvalue weighted by Crippen LogP contribution is -2.48. The Morgan fingerprint density at radius 2 is 1.77 bits per heavy atom. The number of rotatable bonds is 5. The van der Waals surface area contributed by atoms with E-state index in [2.05, 4.69) is 25.5 Å². The van der Waals surface area contributed by atoms with Crippen LogP contribution in [0.25, 0.3) is 5.65 Å². The number of pyridine rings is 1. The molecule has 0 radical (unpaired) electrons. The number of alkyl halides is 6. The monoisotopic (exact) mass is 505 g/mol. The molecule has 9 nitrogen and oxygen atoms in total. The first-order valence-corrected chi connectivity index (χ1v) is 10.9. The van der Waals surface area contributed by atoms with E-state index in [4.69, 9.17) is 9.26 Å². The highest BCUT2D eigenvalue weighted by atomic mass is 19.4. The molecule has 2 bridgehead atoms. The molecular weight excluding hydrogens is 484 g/mol. The highest BCUT2D eigenvalue weighted by Crippen LogP contribution is 2.40. The number of anilines is 2. The molecule has 0 aromatic carbocycles. The fraction of sp³-hybridized carbons (Fsp3) is 0.600. The molecule has 4 heterocycles. The third-order valence-corrected chi connectivity index (χ3v) is 6.42. The summed E-state index contributed by atoms with van der Waals surface area (Å²) in [4.78, 5) is 10.3. The van der Waals surface area contributed by atoms with Crippen LogP contribution >= 0.6 is 0 Å². The maximum atomic E-state index is 13.6. The second-order valence-electron chi connectivity index (χ2n) is 8.85. The van der Waals surface area contributed by atoms with Crippen LogP contribution in [0, 0.1) is 18.8 Å². The third-order valence-electron chi connectivity index (χ3n) is 6.42. The first-order valence-electron chi connectivity index (χ1n) is 10.9. The predicted molar refractivity (Wildman–Crippen MR) is 109 cm³/mol. The lowest BCUT2D eigenvalue weighted by atomic mass is 9.92. The van der Waals surface area contributed by atoms with E-state index >= 15 is 0 Å². The Balaban J connectivity index is 1.42. The van der Waals surface area contributed by atoms with Crippen LogP contribution < -0.4 is 15.0 Å². The van der Waals surface area contributed by atoms with Crippen molar-refractivity contribution in [3.63, 3.8) is 0 Å². The van der Waals surface area contributed by atoms with Gasteiger partial charge in [0, 0.05) is 19.1 Å². The molecule has 15 heteroatoms. The van der Waals surface area contributed by atoms with Gasteiger partial charge in [-0.15, -0.1) is 5.10 Å². The highest BCUT2D eigenvalue weighted by molar-refractivity contribution is 5.57. The van der Waals surface area contributed by atoms with Crippen molar-refractivity contribution in [2.24, 2.45) is 11.8 Å². The van der Waals surface area contributed by atoms with E-state index in [1.807, 2.05) is 4.90 Å². The van der Waals surface area contributed by atoms with Crippen molar-refractivity contribution in [2.75, 3.05) is 23.3 Å².